The van der Waals surface area contributed by atoms with Crippen LogP contribution < -0.4 is 5.73 Å². The quantitative estimate of drug-likeness (QED) is 0.725. The highest BCUT2D eigenvalue weighted by Crippen LogP contribution is 2.44. The van der Waals surface area contributed by atoms with Crippen molar-refractivity contribution in [3.63, 3.8) is 0 Å². The van der Waals surface area contributed by atoms with E-state index in [2.05, 4.69) is 0 Å². The van der Waals surface area contributed by atoms with Crippen LogP contribution in [-0.4, -0.2) is 49.7 Å². The Morgan fingerprint density at radius 2 is 1.90 bits per heavy atom. The Bertz CT molecular complexity index is 489. The van der Waals surface area contributed by atoms with Crippen LogP contribution in [0.15, 0.2) is 0 Å². The third kappa shape index (κ3) is 4.17. The van der Waals surface area contributed by atoms with E-state index in [1.54, 1.807) is 0 Å². The number of hydrogen-bond donors (Lipinski definition) is 2. The van der Waals surface area contributed by atoms with Gasteiger partial charge in [0.1, 0.15) is 0 Å². The van der Waals surface area contributed by atoms with Gasteiger partial charge in [0.25, 0.3) is 0 Å². The van der Waals surface area contributed by atoms with Gasteiger partial charge in [-0.25, -0.2) is 12.7 Å². The van der Waals surface area contributed by atoms with E-state index in [1.165, 1.54) is 10.6 Å². The molecule has 0 aromatic heterocycles. The predicted octanol–water partition coefficient (Wildman–Crippen LogP) is 0.878. The number of hydrogen-bond acceptors (Lipinski definition) is 4. The van der Waals surface area contributed by atoms with E-state index in [4.69, 9.17) is 5.73 Å². The van der Waals surface area contributed by atoms with Crippen LogP contribution in [0.5, 0.6) is 0 Å². The van der Waals surface area contributed by atoms with Crippen LogP contribution in [-0.2, 0) is 14.8 Å². The summed E-state index contributed by atoms with van der Waals surface area (Å²) >= 11 is 0. The molecule has 0 radical (unpaired) electrons. The Hall–Kier alpha value is -0.660. The number of carbonyl (C=O) groups is 1. The van der Waals surface area contributed by atoms with Gasteiger partial charge in [0.15, 0.2) is 0 Å². The highest BCUT2D eigenvalue weighted by molar-refractivity contribution is 7.88. The highest BCUT2D eigenvalue weighted by atomic mass is 32.2. The van der Waals surface area contributed by atoms with Crippen LogP contribution in [0.25, 0.3) is 0 Å². The first kappa shape index (κ1) is 16.7. The zero-order valence-electron chi connectivity index (χ0n) is 12.6. The second-order valence-corrected chi connectivity index (χ2v) is 8.75. The standard InChI is InChI=1S/C14H26N2O4S/c1-21(19,20)16-6-2-3-12(9-16)8-14(10-15,13(17)18)7-11-4-5-11/h11-12H,2-10,15H2,1H3,(H,17,18). The van der Waals surface area contributed by atoms with Crippen LogP contribution in [0.4, 0.5) is 0 Å². The van der Waals surface area contributed by atoms with Crippen molar-refractivity contribution in [2.45, 2.75) is 38.5 Å². The third-order valence-electron chi connectivity index (χ3n) is 4.85. The van der Waals surface area contributed by atoms with Crippen molar-refractivity contribution in [1.29, 1.82) is 0 Å². The summed E-state index contributed by atoms with van der Waals surface area (Å²) in [7, 11) is -3.20. The van der Waals surface area contributed by atoms with E-state index >= 15 is 0 Å². The lowest BCUT2D eigenvalue weighted by atomic mass is 9.73. The molecule has 2 aliphatic rings. The number of aliphatic carboxylic acids is 1. The normalized spacial score (nSPS) is 27.2. The largest absolute Gasteiger partial charge is 0.481 e. The molecule has 2 fully saturated rings. The molecule has 0 aromatic rings. The van der Waals surface area contributed by atoms with Gasteiger partial charge in [0, 0.05) is 19.6 Å². The molecule has 0 amide bonds. The number of nitrogens with two attached hydrogens (primary N) is 1. The molecule has 21 heavy (non-hydrogen) atoms. The minimum atomic E-state index is -3.20. The minimum Gasteiger partial charge on any atom is -0.481 e. The number of nitrogens with zero attached hydrogens (tertiary/aromatic N) is 1. The molecule has 1 aliphatic carbocycles. The second kappa shape index (κ2) is 6.22. The molecule has 6 nitrogen and oxygen atoms in total. The first-order valence-electron chi connectivity index (χ1n) is 7.65. The molecule has 122 valence electrons. The molecule has 1 saturated heterocycles. The lowest BCUT2D eigenvalue weighted by Crippen LogP contribution is -2.45. The number of carboxylic acid groups (broad SMARTS) is 1. The molecule has 2 unspecified atom stereocenters. The van der Waals surface area contributed by atoms with Crippen LogP contribution in [0.1, 0.15) is 38.5 Å². The topological polar surface area (TPSA) is 101 Å². The maximum Gasteiger partial charge on any atom is 0.310 e. The molecule has 2 rings (SSSR count). The van der Waals surface area contributed by atoms with Crippen molar-refractivity contribution in [1.82, 2.24) is 4.31 Å². The summed E-state index contributed by atoms with van der Waals surface area (Å²) < 4.78 is 24.8. The van der Waals surface area contributed by atoms with E-state index in [0.29, 0.717) is 31.8 Å². The van der Waals surface area contributed by atoms with Gasteiger partial charge in [-0.3, -0.25) is 4.79 Å². The SMILES string of the molecule is CS(=O)(=O)N1CCCC(CC(CN)(CC2CC2)C(=O)O)C1. The van der Waals surface area contributed by atoms with Crippen molar-refractivity contribution in [3.05, 3.63) is 0 Å². The molecule has 1 saturated carbocycles. The molecule has 0 spiro atoms. The van der Waals surface area contributed by atoms with Crippen molar-refractivity contribution >= 4 is 16.0 Å². The van der Waals surface area contributed by atoms with E-state index in [-0.39, 0.29) is 12.5 Å². The maximum absolute atomic E-state index is 11.8. The number of carboxylic acids is 1. The second-order valence-electron chi connectivity index (χ2n) is 6.77. The van der Waals surface area contributed by atoms with E-state index in [0.717, 1.165) is 25.7 Å². The Kier molecular flexibility index (Phi) is 4.95. The van der Waals surface area contributed by atoms with Crippen molar-refractivity contribution in [2.75, 3.05) is 25.9 Å². The fraction of sp³-hybridized carbons (Fsp3) is 0.929. The molecule has 7 heteroatoms. The average Bonchev–Trinajstić information content (AvgIpc) is 3.21. The molecule has 0 bridgehead atoms. The summed E-state index contributed by atoms with van der Waals surface area (Å²) in [6.45, 7) is 1.10. The van der Waals surface area contributed by atoms with Crippen LogP contribution in [0.2, 0.25) is 0 Å². The van der Waals surface area contributed by atoms with Crippen molar-refractivity contribution in [2.24, 2.45) is 23.0 Å². The fourth-order valence-corrected chi connectivity index (χ4v) is 4.38. The van der Waals surface area contributed by atoms with Crippen molar-refractivity contribution < 1.29 is 18.3 Å². The summed E-state index contributed by atoms with van der Waals surface area (Å²) in [5.74, 6) is -0.250. The van der Waals surface area contributed by atoms with E-state index in [1.807, 2.05) is 0 Å². The molecular weight excluding hydrogens is 292 g/mol. The highest BCUT2D eigenvalue weighted by Gasteiger charge is 2.44. The number of piperidine rings is 1. The summed E-state index contributed by atoms with van der Waals surface area (Å²) in [4.78, 5) is 11.8. The predicted molar refractivity (Wildman–Crippen MR) is 80.2 cm³/mol. The van der Waals surface area contributed by atoms with E-state index < -0.39 is 21.4 Å². The molecule has 1 aliphatic heterocycles. The van der Waals surface area contributed by atoms with Gasteiger partial charge in [-0.05, 0) is 37.5 Å². The van der Waals surface area contributed by atoms with Gasteiger partial charge in [-0.2, -0.15) is 0 Å². The van der Waals surface area contributed by atoms with E-state index in [9.17, 15) is 18.3 Å². The Morgan fingerprint density at radius 1 is 1.29 bits per heavy atom. The molecule has 0 aromatic carbocycles. The number of rotatable bonds is 7. The monoisotopic (exact) mass is 318 g/mol. The molecule has 2 atom stereocenters. The Balaban J connectivity index is 2.06. The van der Waals surface area contributed by atoms with Crippen molar-refractivity contribution in [3.8, 4) is 0 Å². The Morgan fingerprint density at radius 3 is 2.38 bits per heavy atom. The minimum absolute atomic E-state index is 0.0897. The van der Waals surface area contributed by atoms with Gasteiger partial charge in [-0.15, -0.1) is 0 Å². The van der Waals surface area contributed by atoms with Gasteiger partial charge in [0.2, 0.25) is 10.0 Å². The third-order valence-corrected chi connectivity index (χ3v) is 6.12. The summed E-state index contributed by atoms with van der Waals surface area (Å²) in [5.41, 5.74) is 4.93. The molecular formula is C14H26N2O4S. The zero-order chi connectivity index (χ0) is 15.7. The molecule has 1 heterocycles. The first-order valence-corrected chi connectivity index (χ1v) is 9.50. The summed E-state index contributed by atoms with van der Waals surface area (Å²) in [6.07, 6.45) is 6.19. The zero-order valence-corrected chi connectivity index (χ0v) is 13.4. The summed E-state index contributed by atoms with van der Waals surface area (Å²) in [5, 5.41) is 9.64. The van der Waals surface area contributed by atoms with Gasteiger partial charge < -0.3 is 10.8 Å². The smallest absolute Gasteiger partial charge is 0.310 e. The average molecular weight is 318 g/mol. The van der Waals surface area contributed by atoms with Gasteiger partial charge in [-0.1, -0.05) is 12.8 Å². The first-order chi connectivity index (χ1) is 9.77. The number of sulfonamides is 1. The van der Waals surface area contributed by atoms with Crippen LogP contribution >= 0.6 is 0 Å². The van der Waals surface area contributed by atoms with Gasteiger partial charge in [0.05, 0.1) is 11.7 Å². The van der Waals surface area contributed by atoms with Crippen LogP contribution in [0, 0.1) is 17.3 Å². The summed E-state index contributed by atoms with van der Waals surface area (Å²) in [6, 6.07) is 0. The lowest BCUT2D eigenvalue weighted by molar-refractivity contribution is -0.150. The Labute approximate surface area is 126 Å². The lowest BCUT2D eigenvalue weighted by Gasteiger charge is -2.37. The fourth-order valence-electron chi connectivity index (χ4n) is 3.43. The van der Waals surface area contributed by atoms with Gasteiger partial charge >= 0.3 is 5.97 Å². The maximum atomic E-state index is 11.8. The molecule has 3 N–H and O–H groups in total. The van der Waals surface area contributed by atoms with Crippen LogP contribution in [0.3, 0.4) is 0 Å².